The van der Waals surface area contributed by atoms with Crippen LogP contribution in [0, 0.1) is 0 Å². The third-order valence-electron chi connectivity index (χ3n) is 3.53. The molecule has 124 valence electrons. The second-order valence-electron chi connectivity index (χ2n) is 4.83. The van der Waals surface area contributed by atoms with Crippen LogP contribution in [-0.2, 0) is 4.74 Å². The van der Waals surface area contributed by atoms with Crippen molar-refractivity contribution >= 4 is 0 Å². The van der Waals surface area contributed by atoms with Crippen molar-refractivity contribution in [1.82, 2.24) is 0 Å². The molecule has 2 atom stereocenters. The van der Waals surface area contributed by atoms with E-state index < -0.39 is 19.0 Å². The zero-order valence-corrected chi connectivity index (χ0v) is 13.0. The Bertz CT molecular complexity index is 643. The van der Waals surface area contributed by atoms with Crippen LogP contribution in [0.2, 0.25) is 0 Å². The number of hydrogen-bond acceptors (Lipinski definition) is 6. The Balaban J connectivity index is 2.40. The molecule has 0 aliphatic rings. The average Bonchev–Trinajstić information content (AvgIpc) is 2.59. The summed E-state index contributed by atoms with van der Waals surface area (Å²) in [6, 6.07) is 11.6. The molecule has 0 aliphatic carbocycles. The summed E-state index contributed by atoms with van der Waals surface area (Å²) in [5, 5.41) is 29.5. The predicted octanol–water partition coefficient (Wildman–Crippen LogP) is 2.15. The quantitative estimate of drug-likeness (QED) is 0.678. The van der Waals surface area contributed by atoms with Crippen LogP contribution in [0.15, 0.2) is 42.5 Å². The topological polar surface area (TPSA) is 88.4 Å². The van der Waals surface area contributed by atoms with Gasteiger partial charge in [-0.2, -0.15) is 0 Å². The van der Waals surface area contributed by atoms with Crippen molar-refractivity contribution in [2.24, 2.45) is 0 Å². The first-order valence-corrected chi connectivity index (χ1v) is 7.02. The average molecular weight is 320 g/mol. The van der Waals surface area contributed by atoms with Crippen molar-refractivity contribution in [2.75, 3.05) is 21.0 Å². The van der Waals surface area contributed by atoms with E-state index >= 15 is 0 Å². The van der Waals surface area contributed by atoms with E-state index in [1.165, 1.54) is 26.4 Å². The van der Waals surface area contributed by atoms with E-state index in [0.717, 1.165) is 0 Å². The van der Waals surface area contributed by atoms with Crippen LogP contribution in [0.5, 0.6) is 17.2 Å². The molecule has 0 spiro atoms. The summed E-state index contributed by atoms with van der Waals surface area (Å²) >= 11 is 0. The highest BCUT2D eigenvalue weighted by Gasteiger charge is 2.27. The molecule has 0 radical (unpaired) electrons. The van der Waals surface area contributed by atoms with Gasteiger partial charge >= 0.3 is 0 Å². The molecule has 2 rings (SSSR count). The molecule has 6 nitrogen and oxygen atoms in total. The number of aromatic hydroxyl groups is 1. The van der Waals surface area contributed by atoms with E-state index in [2.05, 4.69) is 0 Å². The molecular formula is C17H20O6. The van der Waals surface area contributed by atoms with Gasteiger partial charge in [0.2, 0.25) is 0 Å². The second kappa shape index (κ2) is 7.82. The van der Waals surface area contributed by atoms with E-state index in [4.69, 9.17) is 19.3 Å². The molecule has 2 aromatic carbocycles. The highest BCUT2D eigenvalue weighted by molar-refractivity contribution is 5.44. The number of phenols is 1. The van der Waals surface area contributed by atoms with Crippen LogP contribution in [0.1, 0.15) is 23.3 Å². The van der Waals surface area contributed by atoms with E-state index in [0.29, 0.717) is 16.9 Å². The molecule has 0 amide bonds. The van der Waals surface area contributed by atoms with Crippen molar-refractivity contribution in [3.05, 3.63) is 53.6 Å². The van der Waals surface area contributed by atoms with Gasteiger partial charge < -0.3 is 29.5 Å². The molecule has 0 saturated heterocycles. The van der Waals surface area contributed by atoms with Crippen molar-refractivity contribution in [1.29, 1.82) is 0 Å². The molecule has 6 heteroatoms. The van der Waals surface area contributed by atoms with Crippen LogP contribution in [0.25, 0.3) is 0 Å². The van der Waals surface area contributed by atoms with Gasteiger partial charge in [0, 0.05) is 5.56 Å². The second-order valence-corrected chi connectivity index (χ2v) is 4.83. The van der Waals surface area contributed by atoms with Gasteiger partial charge in [0.1, 0.15) is 24.8 Å². The molecular weight excluding hydrogens is 300 g/mol. The molecule has 0 fully saturated rings. The minimum absolute atomic E-state index is 0.0274. The van der Waals surface area contributed by atoms with Gasteiger partial charge in [0.05, 0.1) is 14.2 Å². The lowest BCUT2D eigenvalue weighted by molar-refractivity contribution is -0.103. The van der Waals surface area contributed by atoms with E-state index in [9.17, 15) is 10.2 Å². The number of rotatable bonds is 7. The molecule has 2 aromatic rings. The van der Waals surface area contributed by atoms with Crippen LogP contribution < -0.4 is 9.47 Å². The highest BCUT2D eigenvalue weighted by atomic mass is 16.6. The van der Waals surface area contributed by atoms with E-state index in [1.807, 2.05) is 0 Å². The standard InChI is InChI=1S/C17H20O6/c1-21-14-6-4-3-5-12(14)17(23-10-18)16(20)11-7-8-13(19)15(9-11)22-2/h3-9,16-20H,10H2,1-2H3/t16-,17-/m0/s1. The SMILES string of the molecule is COc1cc([C@H](O)[C@@H](OCO)c2ccccc2OC)ccc1O. The van der Waals surface area contributed by atoms with E-state index in [1.54, 1.807) is 30.3 Å². The fourth-order valence-electron chi connectivity index (χ4n) is 2.39. The number of para-hydroxylation sites is 1. The van der Waals surface area contributed by atoms with Crippen LogP contribution in [-0.4, -0.2) is 36.3 Å². The molecule has 0 bridgehead atoms. The summed E-state index contributed by atoms with van der Waals surface area (Å²) in [7, 11) is 2.94. The Morgan fingerprint density at radius 2 is 1.70 bits per heavy atom. The highest BCUT2D eigenvalue weighted by Crippen LogP contribution is 2.39. The monoisotopic (exact) mass is 320 g/mol. The summed E-state index contributed by atoms with van der Waals surface area (Å²) in [5.41, 5.74) is 1.08. The van der Waals surface area contributed by atoms with Gasteiger partial charge in [-0.1, -0.05) is 24.3 Å². The number of hydrogen-bond donors (Lipinski definition) is 3. The van der Waals surface area contributed by atoms with Gasteiger partial charge in [-0.3, -0.25) is 0 Å². The van der Waals surface area contributed by atoms with E-state index in [-0.39, 0.29) is 11.5 Å². The molecule has 3 N–H and O–H groups in total. The van der Waals surface area contributed by atoms with Crippen molar-refractivity contribution in [3.8, 4) is 17.2 Å². The van der Waals surface area contributed by atoms with Crippen molar-refractivity contribution in [2.45, 2.75) is 12.2 Å². The zero-order valence-electron chi connectivity index (χ0n) is 13.0. The van der Waals surface area contributed by atoms with Crippen LogP contribution >= 0.6 is 0 Å². The summed E-state index contributed by atoms with van der Waals surface area (Å²) < 4.78 is 15.6. The molecule has 0 saturated carbocycles. The largest absolute Gasteiger partial charge is 0.504 e. The van der Waals surface area contributed by atoms with Gasteiger partial charge in [-0.25, -0.2) is 0 Å². The Kier molecular flexibility index (Phi) is 5.81. The summed E-state index contributed by atoms with van der Waals surface area (Å²) in [6.07, 6.45) is -1.93. The third kappa shape index (κ3) is 3.73. The first kappa shape index (κ1) is 17.1. The Morgan fingerprint density at radius 1 is 1.00 bits per heavy atom. The van der Waals surface area contributed by atoms with Gasteiger partial charge in [0.25, 0.3) is 0 Å². The Morgan fingerprint density at radius 3 is 2.35 bits per heavy atom. The van der Waals surface area contributed by atoms with Crippen molar-refractivity contribution < 1.29 is 29.5 Å². The smallest absolute Gasteiger partial charge is 0.160 e. The summed E-state index contributed by atoms with van der Waals surface area (Å²) in [6.45, 7) is -0.561. The lowest BCUT2D eigenvalue weighted by Crippen LogP contribution is -2.16. The number of phenolic OH excluding ortho intramolecular Hbond substituents is 1. The number of methoxy groups -OCH3 is 2. The number of ether oxygens (including phenoxy) is 3. The molecule has 0 aromatic heterocycles. The summed E-state index contributed by atoms with van der Waals surface area (Å²) in [4.78, 5) is 0. The lowest BCUT2D eigenvalue weighted by Gasteiger charge is -2.25. The fourth-order valence-corrected chi connectivity index (χ4v) is 2.39. The fraction of sp³-hybridized carbons (Fsp3) is 0.294. The Labute approximate surface area is 134 Å². The van der Waals surface area contributed by atoms with Gasteiger partial charge in [-0.05, 0) is 23.8 Å². The predicted molar refractivity (Wildman–Crippen MR) is 83.5 cm³/mol. The number of benzene rings is 2. The molecule has 0 unspecified atom stereocenters. The maximum Gasteiger partial charge on any atom is 0.160 e. The molecule has 0 aliphatic heterocycles. The van der Waals surface area contributed by atoms with Gasteiger partial charge in [-0.15, -0.1) is 0 Å². The zero-order chi connectivity index (χ0) is 16.8. The van der Waals surface area contributed by atoms with Crippen LogP contribution in [0.4, 0.5) is 0 Å². The minimum Gasteiger partial charge on any atom is -0.504 e. The van der Waals surface area contributed by atoms with Crippen molar-refractivity contribution in [3.63, 3.8) is 0 Å². The molecule has 23 heavy (non-hydrogen) atoms. The van der Waals surface area contributed by atoms with Crippen LogP contribution in [0.3, 0.4) is 0 Å². The lowest BCUT2D eigenvalue weighted by atomic mass is 9.97. The first-order valence-electron chi connectivity index (χ1n) is 7.02. The Hall–Kier alpha value is -2.28. The third-order valence-corrected chi connectivity index (χ3v) is 3.53. The first-order chi connectivity index (χ1) is 11.1. The number of aliphatic hydroxyl groups is 2. The maximum atomic E-state index is 10.7. The van der Waals surface area contributed by atoms with Gasteiger partial charge in [0.15, 0.2) is 11.5 Å². The minimum atomic E-state index is -1.09. The molecule has 0 heterocycles. The maximum absolute atomic E-state index is 10.7. The summed E-state index contributed by atoms with van der Waals surface area (Å²) in [5.74, 6) is 0.750. The number of aliphatic hydroxyl groups excluding tert-OH is 2. The normalized spacial score (nSPS) is 13.4.